The Kier molecular flexibility index (Phi) is 6.50. The number of benzene rings is 1. The van der Waals surface area contributed by atoms with E-state index in [1.807, 2.05) is 18.2 Å². The fraction of sp³-hybridized carbons (Fsp3) is 0.458. The van der Waals surface area contributed by atoms with E-state index in [0.29, 0.717) is 22.8 Å². The fourth-order valence-electron chi connectivity index (χ4n) is 4.72. The summed E-state index contributed by atoms with van der Waals surface area (Å²) in [6.45, 7) is 3.80. The number of hydrogen-bond acceptors (Lipinski definition) is 10. The molecule has 1 aliphatic heterocycles. The van der Waals surface area contributed by atoms with Gasteiger partial charge in [-0.05, 0) is 43.9 Å². The molecule has 0 atom stereocenters. The zero-order valence-electron chi connectivity index (χ0n) is 19.3. The van der Waals surface area contributed by atoms with Crippen LogP contribution in [-0.2, 0) is 0 Å². The van der Waals surface area contributed by atoms with Gasteiger partial charge in [0.05, 0.1) is 30.5 Å². The van der Waals surface area contributed by atoms with Crippen molar-refractivity contribution in [3.8, 4) is 11.6 Å². The number of ether oxygens (including phenoxy) is 1. The Morgan fingerprint density at radius 3 is 2.68 bits per heavy atom. The molecule has 2 fully saturated rings. The lowest BCUT2D eigenvalue weighted by molar-refractivity contribution is 0.126. The first-order valence-electron chi connectivity index (χ1n) is 11.8. The van der Waals surface area contributed by atoms with Crippen LogP contribution in [0.15, 0.2) is 30.5 Å². The number of nitrogens with zero attached hydrogens (tertiary/aromatic N) is 4. The van der Waals surface area contributed by atoms with E-state index in [1.54, 1.807) is 13.3 Å². The molecule has 3 heterocycles. The SMILES string of the molecule is COc1cc(N2CCNCC2)ccc1Nc1nc(NC2CCC(O)CC2)cc2cnnc(O)c12. The molecule has 180 valence electrons. The Labute approximate surface area is 198 Å². The van der Waals surface area contributed by atoms with E-state index in [9.17, 15) is 10.2 Å². The Balaban J connectivity index is 1.46. The van der Waals surface area contributed by atoms with Gasteiger partial charge in [0.1, 0.15) is 17.4 Å². The maximum Gasteiger partial charge on any atom is 0.242 e. The van der Waals surface area contributed by atoms with E-state index >= 15 is 0 Å². The minimum Gasteiger partial charge on any atom is -0.494 e. The summed E-state index contributed by atoms with van der Waals surface area (Å²) in [5, 5.41) is 39.4. The van der Waals surface area contributed by atoms with Gasteiger partial charge in [-0.2, -0.15) is 5.10 Å². The van der Waals surface area contributed by atoms with Gasteiger partial charge in [-0.3, -0.25) is 0 Å². The van der Waals surface area contributed by atoms with Crippen molar-refractivity contribution in [2.24, 2.45) is 0 Å². The molecule has 0 unspecified atom stereocenters. The monoisotopic (exact) mass is 465 g/mol. The molecule has 0 bridgehead atoms. The predicted molar refractivity (Wildman–Crippen MR) is 132 cm³/mol. The van der Waals surface area contributed by atoms with Crippen LogP contribution in [0.25, 0.3) is 10.8 Å². The van der Waals surface area contributed by atoms with E-state index in [0.717, 1.165) is 68.6 Å². The van der Waals surface area contributed by atoms with Gasteiger partial charge in [0.15, 0.2) is 0 Å². The number of aliphatic hydroxyl groups is 1. The van der Waals surface area contributed by atoms with Gasteiger partial charge in [-0.25, -0.2) is 4.98 Å². The van der Waals surface area contributed by atoms with Crippen LogP contribution in [0.5, 0.6) is 11.6 Å². The molecule has 1 saturated carbocycles. The third-order valence-electron chi connectivity index (χ3n) is 6.59. The summed E-state index contributed by atoms with van der Waals surface area (Å²) in [5.74, 6) is 1.65. The summed E-state index contributed by atoms with van der Waals surface area (Å²) in [4.78, 5) is 7.09. The normalized spacial score (nSPS) is 20.8. The number of rotatable bonds is 6. The molecule has 1 aromatic carbocycles. The molecule has 34 heavy (non-hydrogen) atoms. The number of anilines is 4. The number of aliphatic hydroxyl groups excluding tert-OH is 1. The Morgan fingerprint density at radius 1 is 1.12 bits per heavy atom. The molecule has 0 spiro atoms. The molecule has 0 amide bonds. The van der Waals surface area contributed by atoms with Gasteiger partial charge in [0.25, 0.3) is 0 Å². The largest absolute Gasteiger partial charge is 0.494 e. The van der Waals surface area contributed by atoms with Crippen molar-refractivity contribution in [3.63, 3.8) is 0 Å². The lowest BCUT2D eigenvalue weighted by Crippen LogP contribution is -2.43. The average molecular weight is 466 g/mol. The average Bonchev–Trinajstić information content (AvgIpc) is 2.86. The lowest BCUT2D eigenvalue weighted by Gasteiger charge is -2.30. The maximum atomic E-state index is 10.5. The van der Waals surface area contributed by atoms with E-state index < -0.39 is 0 Å². The number of methoxy groups -OCH3 is 1. The van der Waals surface area contributed by atoms with Crippen LogP contribution < -0.4 is 25.6 Å². The minimum atomic E-state index is -0.219. The van der Waals surface area contributed by atoms with Crippen molar-refractivity contribution in [2.75, 3.05) is 48.8 Å². The van der Waals surface area contributed by atoms with Crippen LogP contribution in [0.1, 0.15) is 25.7 Å². The van der Waals surface area contributed by atoms with Gasteiger partial charge < -0.3 is 35.8 Å². The molecule has 2 aromatic heterocycles. The standard InChI is InChI=1S/C24H31N7O3/c1-34-20-13-17(31-10-8-25-9-11-31)4-7-19(20)28-23-22-15(14-26-30-24(22)33)12-21(29-23)27-16-2-5-18(32)6-3-16/h4,7,12-14,16,18,25,32H,2-3,5-6,8-11H2,1H3,(H,30,33)(H2,27,28,29). The summed E-state index contributed by atoms with van der Waals surface area (Å²) in [6.07, 6.45) is 4.71. The molecule has 10 nitrogen and oxygen atoms in total. The highest BCUT2D eigenvalue weighted by Crippen LogP contribution is 2.37. The van der Waals surface area contributed by atoms with Crippen molar-refractivity contribution in [1.82, 2.24) is 20.5 Å². The number of aromatic nitrogens is 3. The first-order valence-corrected chi connectivity index (χ1v) is 11.8. The summed E-state index contributed by atoms with van der Waals surface area (Å²) >= 11 is 0. The summed E-state index contributed by atoms with van der Waals surface area (Å²) in [5.41, 5.74) is 1.84. The summed E-state index contributed by atoms with van der Waals surface area (Å²) < 4.78 is 5.69. The van der Waals surface area contributed by atoms with Crippen LogP contribution in [0.3, 0.4) is 0 Å². The van der Waals surface area contributed by atoms with Gasteiger partial charge in [0.2, 0.25) is 5.88 Å². The Morgan fingerprint density at radius 2 is 1.91 bits per heavy atom. The smallest absolute Gasteiger partial charge is 0.242 e. The molecular formula is C24H31N7O3. The highest BCUT2D eigenvalue weighted by Gasteiger charge is 2.21. The second-order valence-electron chi connectivity index (χ2n) is 8.88. The topological polar surface area (TPSA) is 128 Å². The number of fused-ring (bicyclic) bond motifs is 1. The van der Waals surface area contributed by atoms with Crippen LogP contribution in [0.2, 0.25) is 0 Å². The molecular weight excluding hydrogens is 434 g/mol. The second-order valence-corrected chi connectivity index (χ2v) is 8.88. The minimum absolute atomic E-state index is 0.184. The van der Waals surface area contributed by atoms with Crippen LogP contribution in [-0.4, -0.2) is 70.8 Å². The number of pyridine rings is 1. The third-order valence-corrected chi connectivity index (χ3v) is 6.59. The van der Waals surface area contributed by atoms with Crippen molar-refractivity contribution in [2.45, 2.75) is 37.8 Å². The molecule has 3 aromatic rings. The van der Waals surface area contributed by atoms with E-state index in [2.05, 4.69) is 37.1 Å². The molecule has 5 N–H and O–H groups in total. The number of aromatic hydroxyl groups is 1. The van der Waals surface area contributed by atoms with Crippen molar-refractivity contribution >= 4 is 33.8 Å². The third kappa shape index (κ3) is 4.78. The molecule has 0 radical (unpaired) electrons. The quantitative estimate of drug-likeness (QED) is 0.371. The van der Waals surface area contributed by atoms with Gasteiger partial charge in [-0.1, -0.05) is 0 Å². The highest BCUT2D eigenvalue weighted by atomic mass is 16.5. The zero-order valence-corrected chi connectivity index (χ0v) is 19.3. The molecule has 5 rings (SSSR count). The summed E-state index contributed by atoms with van der Waals surface area (Å²) in [7, 11) is 1.64. The van der Waals surface area contributed by atoms with Crippen LogP contribution >= 0.6 is 0 Å². The Bertz CT molecular complexity index is 1140. The van der Waals surface area contributed by atoms with Gasteiger partial charge in [-0.15, -0.1) is 5.10 Å². The van der Waals surface area contributed by atoms with E-state index in [1.165, 1.54) is 0 Å². The first kappa shape index (κ1) is 22.4. The number of hydrogen-bond donors (Lipinski definition) is 5. The number of nitrogens with one attached hydrogen (secondary N) is 3. The van der Waals surface area contributed by atoms with Crippen LogP contribution in [0, 0.1) is 0 Å². The molecule has 2 aliphatic rings. The second kappa shape index (κ2) is 9.86. The van der Waals surface area contributed by atoms with Gasteiger partial charge >= 0.3 is 0 Å². The van der Waals surface area contributed by atoms with Gasteiger partial charge in [0, 0.05) is 49.4 Å². The zero-order chi connectivity index (χ0) is 23.5. The van der Waals surface area contributed by atoms with Crippen molar-refractivity contribution < 1.29 is 14.9 Å². The van der Waals surface area contributed by atoms with Crippen LogP contribution in [0.4, 0.5) is 23.0 Å². The molecule has 10 heteroatoms. The summed E-state index contributed by atoms with van der Waals surface area (Å²) in [6, 6.07) is 8.15. The predicted octanol–water partition coefficient (Wildman–Crippen LogP) is 2.61. The highest BCUT2D eigenvalue weighted by molar-refractivity contribution is 5.98. The molecule has 1 aliphatic carbocycles. The van der Waals surface area contributed by atoms with E-state index in [4.69, 9.17) is 9.72 Å². The fourth-order valence-corrected chi connectivity index (χ4v) is 4.72. The molecule has 1 saturated heterocycles. The van der Waals surface area contributed by atoms with Crippen molar-refractivity contribution in [1.29, 1.82) is 0 Å². The van der Waals surface area contributed by atoms with E-state index in [-0.39, 0.29) is 18.0 Å². The lowest BCUT2D eigenvalue weighted by atomic mass is 9.93. The first-order chi connectivity index (χ1) is 16.6. The van der Waals surface area contributed by atoms with Crippen molar-refractivity contribution in [3.05, 3.63) is 30.5 Å². The Hall–Kier alpha value is -3.37. The maximum absolute atomic E-state index is 10.5. The number of piperazine rings is 1.